The Kier molecular flexibility index (Phi) is 4.70. The van der Waals surface area contributed by atoms with Gasteiger partial charge in [-0.1, -0.05) is 12.1 Å². The number of para-hydroxylation sites is 1. The summed E-state index contributed by atoms with van der Waals surface area (Å²) >= 11 is 0. The van der Waals surface area contributed by atoms with Crippen LogP contribution in [0.4, 0.5) is 5.69 Å². The van der Waals surface area contributed by atoms with Crippen molar-refractivity contribution in [3.8, 4) is 17.2 Å². The highest BCUT2D eigenvalue weighted by molar-refractivity contribution is 7.87. The molecule has 0 N–H and O–H groups in total. The van der Waals surface area contributed by atoms with E-state index in [9.17, 15) is 18.5 Å². The first-order valence-electron chi connectivity index (χ1n) is 6.29. The number of methoxy groups -OCH3 is 2. The molecule has 0 unspecified atom stereocenters. The Morgan fingerprint density at radius 3 is 2.09 bits per heavy atom. The molecule has 2 aromatic carbocycles. The molecule has 2 rings (SSSR count). The van der Waals surface area contributed by atoms with E-state index >= 15 is 0 Å². The van der Waals surface area contributed by atoms with Gasteiger partial charge in [0.25, 0.3) is 5.69 Å². The molecule has 0 saturated carbocycles. The first-order chi connectivity index (χ1) is 10.9. The standard InChI is InChI=1S/C14H13NO7S/c1-20-12-7-4-8-13(21-2)14(12)22-23(18,19)11-6-3-5-10(9-11)15(16)17/h3-9H,1-2H3. The fraction of sp³-hybridized carbons (Fsp3) is 0.143. The monoisotopic (exact) mass is 339 g/mol. The molecule has 0 aliphatic rings. The van der Waals surface area contributed by atoms with Crippen LogP contribution in [-0.2, 0) is 10.1 Å². The lowest BCUT2D eigenvalue weighted by atomic mass is 10.3. The summed E-state index contributed by atoms with van der Waals surface area (Å²) in [5.74, 6) is 0.167. The minimum absolute atomic E-state index is 0.135. The Bertz CT molecular complexity index is 811. The molecule has 9 heteroatoms. The molecule has 0 heterocycles. The fourth-order valence-electron chi connectivity index (χ4n) is 1.81. The third kappa shape index (κ3) is 3.51. The van der Waals surface area contributed by atoms with E-state index < -0.39 is 15.0 Å². The maximum atomic E-state index is 12.4. The number of ether oxygens (including phenoxy) is 2. The van der Waals surface area contributed by atoms with Gasteiger partial charge in [0.1, 0.15) is 4.90 Å². The molecule has 0 radical (unpaired) electrons. The van der Waals surface area contributed by atoms with Crippen molar-refractivity contribution in [2.45, 2.75) is 4.90 Å². The molecule has 0 aliphatic carbocycles. The van der Waals surface area contributed by atoms with Crippen molar-refractivity contribution in [2.24, 2.45) is 0 Å². The third-order valence-electron chi connectivity index (χ3n) is 2.89. The van der Waals surface area contributed by atoms with Gasteiger partial charge in [-0.2, -0.15) is 8.42 Å². The Labute approximate surface area is 132 Å². The van der Waals surface area contributed by atoms with Crippen molar-refractivity contribution in [3.05, 3.63) is 52.6 Å². The predicted octanol–water partition coefficient (Wildman–Crippen LogP) is 2.38. The number of non-ortho nitro benzene ring substituents is 1. The van der Waals surface area contributed by atoms with Crippen LogP contribution in [-0.4, -0.2) is 27.6 Å². The normalized spacial score (nSPS) is 10.9. The van der Waals surface area contributed by atoms with Gasteiger partial charge >= 0.3 is 10.1 Å². The second-order valence-electron chi connectivity index (χ2n) is 4.28. The van der Waals surface area contributed by atoms with Gasteiger partial charge < -0.3 is 13.7 Å². The molecule has 0 saturated heterocycles. The number of hydrogen-bond acceptors (Lipinski definition) is 7. The highest BCUT2D eigenvalue weighted by atomic mass is 32.2. The van der Waals surface area contributed by atoms with Gasteiger partial charge in [0.15, 0.2) is 11.5 Å². The summed E-state index contributed by atoms with van der Waals surface area (Å²) < 4.78 is 39.9. The van der Waals surface area contributed by atoms with Gasteiger partial charge in [0.05, 0.1) is 19.1 Å². The second-order valence-corrected chi connectivity index (χ2v) is 5.83. The summed E-state index contributed by atoms with van der Waals surface area (Å²) in [6, 6.07) is 9.16. The number of nitrogens with zero attached hydrogens (tertiary/aromatic N) is 1. The van der Waals surface area contributed by atoms with Crippen molar-refractivity contribution >= 4 is 15.8 Å². The molecular weight excluding hydrogens is 326 g/mol. The number of rotatable bonds is 6. The van der Waals surface area contributed by atoms with Gasteiger partial charge in [-0.05, 0) is 18.2 Å². The van der Waals surface area contributed by atoms with Gasteiger partial charge in [0, 0.05) is 12.1 Å². The molecule has 0 amide bonds. The second kappa shape index (κ2) is 6.53. The molecule has 0 spiro atoms. The highest BCUT2D eigenvalue weighted by Crippen LogP contribution is 2.38. The minimum atomic E-state index is -4.30. The van der Waals surface area contributed by atoms with E-state index in [2.05, 4.69) is 0 Å². The van der Waals surface area contributed by atoms with E-state index in [0.29, 0.717) is 0 Å². The van der Waals surface area contributed by atoms with Crippen LogP contribution in [0.5, 0.6) is 17.2 Å². The zero-order valence-corrected chi connectivity index (χ0v) is 13.1. The summed E-state index contributed by atoms with van der Waals surface area (Å²) in [4.78, 5) is 9.73. The molecule has 122 valence electrons. The average molecular weight is 339 g/mol. The van der Waals surface area contributed by atoms with Crippen LogP contribution in [0.2, 0.25) is 0 Å². The smallest absolute Gasteiger partial charge is 0.339 e. The molecule has 0 aromatic heterocycles. The summed E-state index contributed by atoms with van der Waals surface area (Å²) in [5, 5.41) is 10.8. The van der Waals surface area contributed by atoms with E-state index in [4.69, 9.17) is 13.7 Å². The highest BCUT2D eigenvalue weighted by Gasteiger charge is 2.24. The fourth-order valence-corrected chi connectivity index (χ4v) is 2.80. The molecule has 2 aromatic rings. The van der Waals surface area contributed by atoms with Crippen LogP contribution >= 0.6 is 0 Å². The summed E-state index contributed by atoms with van der Waals surface area (Å²) in [5.41, 5.74) is -0.360. The van der Waals surface area contributed by atoms with Gasteiger partial charge in [0.2, 0.25) is 5.75 Å². The van der Waals surface area contributed by atoms with Crippen LogP contribution in [0.15, 0.2) is 47.4 Å². The van der Waals surface area contributed by atoms with Crippen molar-refractivity contribution < 1.29 is 27.0 Å². The maximum absolute atomic E-state index is 12.4. The Hall–Kier alpha value is -2.81. The van der Waals surface area contributed by atoms with E-state index in [1.807, 2.05) is 0 Å². The van der Waals surface area contributed by atoms with Crippen molar-refractivity contribution in [1.82, 2.24) is 0 Å². The number of benzene rings is 2. The topological polar surface area (TPSA) is 105 Å². The van der Waals surface area contributed by atoms with Crippen LogP contribution < -0.4 is 13.7 Å². The molecule has 0 fully saturated rings. The first kappa shape index (κ1) is 16.6. The number of hydrogen-bond donors (Lipinski definition) is 0. The Morgan fingerprint density at radius 1 is 1.00 bits per heavy atom. The van der Waals surface area contributed by atoms with Gasteiger partial charge in [-0.3, -0.25) is 10.1 Å². The summed E-state index contributed by atoms with van der Waals surface area (Å²) in [7, 11) is -1.60. The lowest BCUT2D eigenvalue weighted by Crippen LogP contribution is -2.11. The van der Waals surface area contributed by atoms with Crippen molar-refractivity contribution in [1.29, 1.82) is 0 Å². The van der Waals surface area contributed by atoms with E-state index in [1.165, 1.54) is 44.6 Å². The minimum Gasteiger partial charge on any atom is -0.493 e. The van der Waals surface area contributed by atoms with Gasteiger partial charge in [-0.25, -0.2) is 0 Å². The molecular formula is C14H13NO7S. The first-order valence-corrected chi connectivity index (χ1v) is 7.70. The molecule has 0 aliphatic heterocycles. The SMILES string of the molecule is COc1cccc(OC)c1OS(=O)(=O)c1cccc([N+](=O)[O-])c1. The quantitative estimate of drug-likeness (QED) is 0.452. The van der Waals surface area contributed by atoms with E-state index in [-0.39, 0.29) is 27.8 Å². The molecule has 23 heavy (non-hydrogen) atoms. The molecule has 0 atom stereocenters. The predicted molar refractivity (Wildman–Crippen MR) is 80.5 cm³/mol. The number of nitro groups is 1. The zero-order chi connectivity index (χ0) is 17.0. The van der Waals surface area contributed by atoms with Gasteiger partial charge in [-0.15, -0.1) is 0 Å². The zero-order valence-electron chi connectivity index (χ0n) is 12.3. The van der Waals surface area contributed by atoms with Crippen LogP contribution in [0, 0.1) is 10.1 Å². The summed E-state index contributed by atoms with van der Waals surface area (Å²) in [6.07, 6.45) is 0. The number of nitro benzene ring substituents is 1. The van der Waals surface area contributed by atoms with Crippen LogP contribution in [0.3, 0.4) is 0 Å². The Morgan fingerprint density at radius 2 is 1.57 bits per heavy atom. The maximum Gasteiger partial charge on any atom is 0.339 e. The molecule has 8 nitrogen and oxygen atoms in total. The lowest BCUT2D eigenvalue weighted by Gasteiger charge is -2.13. The third-order valence-corrected chi connectivity index (χ3v) is 4.11. The van der Waals surface area contributed by atoms with Crippen LogP contribution in [0.1, 0.15) is 0 Å². The van der Waals surface area contributed by atoms with E-state index in [1.54, 1.807) is 6.07 Å². The largest absolute Gasteiger partial charge is 0.493 e. The molecule has 0 bridgehead atoms. The van der Waals surface area contributed by atoms with Crippen LogP contribution in [0.25, 0.3) is 0 Å². The Balaban J connectivity index is 2.47. The lowest BCUT2D eigenvalue weighted by molar-refractivity contribution is -0.385. The van der Waals surface area contributed by atoms with E-state index in [0.717, 1.165) is 6.07 Å². The summed E-state index contributed by atoms with van der Waals surface area (Å²) in [6.45, 7) is 0. The van der Waals surface area contributed by atoms with Crippen molar-refractivity contribution in [2.75, 3.05) is 14.2 Å². The average Bonchev–Trinajstić information content (AvgIpc) is 2.54. The van der Waals surface area contributed by atoms with Crippen molar-refractivity contribution in [3.63, 3.8) is 0 Å².